The van der Waals surface area contributed by atoms with Crippen molar-refractivity contribution in [3.63, 3.8) is 0 Å². The number of fused-ring (bicyclic) bond motifs is 1. The summed E-state index contributed by atoms with van der Waals surface area (Å²) in [6.45, 7) is 4.73. The number of rotatable bonds is 7. The van der Waals surface area contributed by atoms with Gasteiger partial charge in [0.05, 0.1) is 6.20 Å². The maximum atomic E-state index is 12.5. The van der Waals surface area contributed by atoms with Crippen LogP contribution in [-0.4, -0.2) is 31.5 Å². The van der Waals surface area contributed by atoms with Crippen LogP contribution in [0.4, 0.5) is 5.82 Å². The normalized spacial score (nSPS) is 11.0. The third kappa shape index (κ3) is 3.93. The molecule has 0 aromatic carbocycles. The van der Waals surface area contributed by atoms with E-state index in [-0.39, 0.29) is 11.9 Å². The van der Waals surface area contributed by atoms with E-state index in [0.29, 0.717) is 23.6 Å². The van der Waals surface area contributed by atoms with E-state index in [9.17, 15) is 4.79 Å². The van der Waals surface area contributed by atoms with Crippen LogP contribution < -0.4 is 10.6 Å². The minimum atomic E-state index is -0.138. The Bertz CT molecular complexity index is 841. The van der Waals surface area contributed by atoms with Crippen LogP contribution in [0.5, 0.6) is 0 Å². The predicted octanol–water partition coefficient (Wildman–Crippen LogP) is 2.65. The molecule has 0 aliphatic carbocycles. The Hall–Kier alpha value is -2.96. The van der Waals surface area contributed by atoms with Gasteiger partial charge in [0.2, 0.25) is 0 Å². The molecule has 0 aliphatic heterocycles. The van der Waals surface area contributed by atoms with Crippen LogP contribution in [0.15, 0.2) is 43.0 Å². The molecule has 3 aromatic rings. The number of amides is 1. The first-order valence-corrected chi connectivity index (χ1v) is 8.49. The molecule has 25 heavy (non-hydrogen) atoms. The van der Waals surface area contributed by atoms with Gasteiger partial charge in [0, 0.05) is 31.2 Å². The van der Waals surface area contributed by atoms with Gasteiger partial charge in [-0.1, -0.05) is 19.9 Å². The third-order valence-electron chi connectivity index (χ3n) is 4.13. The highest BCUT2D eigenvalue weighted by Gasteiger charge is 2.16. The molecule has 2 N–H and O–H groups in total. The maximum Gasteiger partial charge on any atom is 0.256 e. The Labute approximate surface area is 146 Å². The number of aromatic nitrogens is 4. The van der Waals surface area contributed by atoms with Crippen molar-refractivity contribution in [2.75, 3.05) is 5.32 Å². The van der Waals surface area contributed by atoms with Crippen LogP contribution in [0, 0.1) is 0 Å². The van der Waals surface area contributed by atoms with E-state index in [2.05, 4.69) is 39.5 Å². The number of hydrogen-bond donors (Lipinski definition) is 2. The molecule has 0 fully saturated rings. The smallest absolute Gasteiger partial charge is 0.256 e. The fourth-order valence-electron chi connectivity index (χ4n) is 2.58. The van der Waals surface area contributed by atoms with E-state index in [4.69, 9.17) is 0 Å². The fraction of sp³-hybridized carbons (Fsp3) is 0.333. The standard InChI is InChI=1S/C18H22N6O/c1-3-14(4-2)22-18(25)15-12-21-24-9-7-16(23-17(15)24)20-11-13-6-5-8-19-10-13/h5-10,12,14H,3-4,11H2,1-2H3,(H,20,23)(H,22,25). The van der Waals surface area contributed by atoms with Crippen LogP contribution >= 0.6 is 0 Å². The van der Waals surface area contributed by atoms with Gasteiger partial charge >= 0.3 is 0 Å². The number of anilines is 1. The van der Waals surface area contributed by atoms with Crippen molar-refractivity contribution in [1.82, 2.24) is 24.9 Å². The van der Waals surface area contributed by atoms with Crippen LogP contribution in [-0.2, 0) is 6.54 Å². The quantitative estimate of drug-likeness (QED) is 0.692. The second-order valence-corrected chi connectivity index (χ2v) is 5.84. The zero-order valence-electron chi connectivity index (χ0n) is 14.4. The molecule has 3 aromatic heterocycles. The highest BCUT2D eigenvalue weighted by Crippen LogP contribution is 2.13. The van der Waals surface area contributed by atoms with E-state index in [1.165, 1.54) is 0 Å². The van der Waals surface area contributed by atoms with Gasteiger partial charge in [-0.05, 0) is 30.5 Å². The van der Waals surface area contributed by atoms with Crippen LogP contribution in [0.3, 0.4) is 0 Å². The summed E-state index contributed by atoms with van der Waals surface area (Å²) in [6.07, 6.45) is 8.69. The molecule has 0 bridgehead atoms. The van der Waals surface area contributed by atoms with Gasteiger partial charge in [-0.15, -0.1) is 0 Å². The first-order chi connectivity index (χ1) is 12.2. The lowest BCUT2D eigenvalue weighted by atomic mass is 10.1. The summed E-state index contributed by atoms with van der Waals surface area (Å²) >= 11 is 0. The predicted molar refractivity (Wildman–Crippen MR) is 96.4 cm³/mol. The minimum absolute atomic E-state index is 0.138. The number of hydrogen-bond acceptors (Lipinski definition) is 5. The largest absolute Gasteiger partial charge is 0.366 e. The van der Waals surface area contributed by atoms with Gasteiger partial charge in [-0.25, -0.2) is 9.50 Å². The molecule has 0 atom stereocenters. The number of pyridine rings is 1. The number of carbonyl (C=O) groups is 1. The molecule has 0 saturated carbocycles. The molecule has 7 nitrogen and oxygen atoms in total. The first-order valence-electron chi connectivity index (χ1n) is 8.49. The maximum absolute atomic E-state index is 12.5. The first kappa shape index (κ1) is 16.9. The van der Waals surface area contributed by atoms with Crippen molar-refractivity contribution in [1.29, 1.82) is 0 Å². The summed E-state index contributed by atoms with van der Waals surface area (Å²) in [5.74, 6) is 0.550. The van der Waals surface area contributed by atoms with Gasteiger partial charge in [-0.2, -0.15) is 5.10 Å². The van der Waals surface area contributed by atoms with Crippen LogP contribution in [0.1, 0.15) is 42.6 Å². The molecular weight excluding hydrogens is 316 g/mol. The SMILES string of the molecule is CCC(CC)NC(=O)c1cnn2ccc(NCc3cccnc3)nc12. The number of nitrogens with one attached hydrogen (secondary N) is 2. The van der Waals surface area contributed by atoms with Gasteiger partial charge in [-0.3, -0.25) is 9.78 Å². The van der Waals surface area contributed by atoms with Crippen molar-refractivity contribution in [3.05, 3.63) is 54.1 Å². The fourth-order valence-corrected chi connectivity index (χ4v) is 2.58. The highest BCUT2D eigenvalue weighted by molar-refractivity contribution is 5.99. The molecule has 3 heterocycles. The van der Waals surface area contributed by atoms with Gasteiger partial charge in [0.25, 0.3) is 5.91 Å². The Morgan fingerprint density at radius 2 is 2.08 bits per heavy atom. The molecule has 0 spiro atoms. The summed E-state index contributed by atoms with van der Waals surface area (Å²) in [6, 6.07) is 5.88. The molecule has 130 valence electrons. The van der Waals surface area contributed by atoms with E-state index in [1.54, 1.807) is 29.3 Å². The lowest BCUT2D eigenvalue weighted by Gasteiger charge is -2.13. The third-order valence-corrected chi connectivity index (χ3v) is 4.13. The molecule has 0 saturated heterocycles. The van der Waals surface area contributed by atoms with E-state index >= 15 is 0 Å². The second kappa shape index (κ2) is 7.74. The van der Waals surface area contributed by atoms with E-state index < -0.39 is 0 Å². The summed E-state index contributed by atoms with van der Waals surface area (Å²) in [5, 5.41) is 10.5. The van der Waals surface area contributed by atoms with Crippen molar-refractivity contribution in [2.24, 2.45) is 0 Å². The van der Waals surface area contributed by atoms with Gasteiger partial charge < -0.3 is 10.6 Å². The average Bonchev–Trinajstić information content (AvgIpc) is 3.08. The van der Waals surface area contributed by atoms with E-state index in [0.717, 1.165) is 18.4 Å². The summed E-state index contributed by atoms with van der Waals surface area (Å²) in [4.78, 5) is 21.1. The lowest BCUT2D eigenvalue weighted by Crippen LogP contribution is -2.33. The highest BCUT2D eigenvalue weighted by atomic mass is 16.1. The molecule has 0 aliphatic rings. The van der Waals surface area contributed by atoms with Crippen molar-refractivity contribution >= 4 is 17.4 Å². The van der Waals surface area contributed by atoms with E-state index in [1.807, 2.05) is 18.2 Å². The summed E-state index contributed by atoms with van der Waals surface area (Å²) < 4.78 is 1.61. The molecule has 1 amide bonds. The molecule has 3 rings (SSSR count). The minimum Gasteiger partial charge on any atom is -0.366 e. The molecule has 0 unspecified atom stereocenters. The Morgan fingerprint density at radius 3 is 2.80 bits per heavy atom. The van der Waals surface area contributed by atoms with Crippen molar-refractivity contribution in [2.45, 2.75) is 39.3 Å². The summed E-state index contributed by atoms with van der Waals surface area (Å²) in [7, 11) is 0. The monoisotopic (exact) mass is 338 g/mol. The second-order valence-electron chi connectivity index (χ2n) is 5.84. The number of carbonyl (C=O) groups excluding carboxylic acids is 1. The average molecular weight is 338 g/mol. The summed E-state index contributed by atoms with van der Waals surface area (Å²) in [5.41, 5.74) is 2.08. The number of nitrogens with zero attached hydrogens (tertiary/aromatic N) is 4. The van der Waals surface area contributed by atoms with Crippen molar-refractivity contribution in [3.8, 4) is 0 Å². The zero-order chi connectivity index (χ0) is 17.6. The molecule has 0 radical (unpaired) electrons. The topological polar surface area (TPSA) is 84.2 Å². The Kier molecular flexibility index (Phi) is 5.23. The van der Waals surface area contributed by atoms with Gasteiger partial charge in [0.1, 0.15) is 11.4 Å². The Balaban J connectivity index is 1.78. The van der Waals surface area contributed by atoms with Crippen LogP contribution in [0.25, 0.3) is 5.65 Å². The van der Waals surface area contributed by atoms with Crippen molar-refractivity contribution < 1.29 is 4.79 Å². The zero-order valence-corrected chi connectivity index (χ0v) is 14.4. The lowest BCUT2D eigenvalue weighted by molar-refractivity contribution is 0.0936. The molecular formula is C18H22N6O. The van der Waals surface area contributed by atoms with Gasteiger partial charge in [0.15, 0.2) is 5.65 Å². The molecule has 7 heteroatoms. The Morgan fingerprint density at radius 1 is 1.24 bits per heavy atom. The van der Waals surface area contributed by atoms with Crippen LogP contribution in [0.2, 0.25) is 0 Å².